The average molecular weight is 903 g/mol. The number of ether oxygens (including phenoxy) is 8. The van der Waals surface area contributed by atoms with Gasteiger partial charge in [0, 0.05) is 30.3 Å². The Labute approximate surface area is 390 Å². The van der Waals surface area contributed by atoms with E-state index in [1.54, 1.807) is 24.3 Å². The first-order valence-corrected chi connectivity index (χ1v) is 18.3. The first-order chi connectivity index (χ1) is 28.4. The van der Waals surface area contributed by atoms with Crippen LogP contribution in [0.4, 0.5) is 20.6 Å². The Hall–Kier alpha value is -4.53. The maximum Gasteiger partial charge on any atom is 1.00 e. The van der Waals surface area contributed by atoms with Crippen LogP contribution in [0.3, 0.4) is 0 Å². The topological polar surface area (TPSA) is 221 Å². The maximum atomic E-state index is 13.8. The summed E-state index contributed by atoms with van der Waals surface area (Å²) >= 11 is 0. The van der Waals surface area contributed by atoms with Gasteiger partial charge in [-0.15, -0.1) is 6.07 Å². The molecule has 310 valence electrons. The van der Waals surface area contributed by atoms with Crippen LogP contribution < -0.4 is 96.8 Å². The van der Waals surface area contributed by atoms with Crippen LogP contribution in [-0.4, -0.2) is 104 Å². The van der Waals surface area contributed by atoms with E-state index in [2.05, 4.69) is 11.4 Å². The molecule has 60 heavy (non-hydrogen) atoms. The number of rotatable bonds is 10. The molecule has 2 saturated heterocycles. The van der Waals surface area contributed by atoms with Gasteiger partial charge < -0.3 is 68.5 Å². The third-order valence-electron chi connectivity index (χ3n) is 10.9. The van der Waals surface area contributed by atoms with Crippen molar-refractivity contribution in [3.8, 4) is 34.5 Å². The van der Waals surface area contributed by atoms with Gasteiger partial charge in [0.05, 0.1) is 32.8 Å². The number of nitrogens with zero attached hydrogens (tertiary/aromatic N) is 1. The van der Waals surface area contributed by atoms with Gasteiger partial charge in [0.15, 0.2) is 29.1 Å². The summed E-state index contributed by atoms with van der Waals surface area (Å²) in [6.07, 6.45) is -10.4. The van der Waals surface area contributed by atoms with Crippen molar-refractivity contribution in [2.75, 3.05) is 44.9 Å². The summed E-state index contributed by atoms with van der Waals surface area (Å²) in [6.45, 7) is 0.105. The number of methoxy groups -OCH3 is 2. The largest absolute Gasteiger partial charge is 1.00 e. The van der Waals surface area contributed by atoms with E-state index in [0.29, 0.717) is 22.7 Å². The number of aliphatic carboxylic acids is 1. The van der Waals surface area contributed by atoms with Gasteiger partial charge in [-0.25, -0.2) is 14.0 Å². The molecule has 19 heteroatoms. The molecule has 1 aliphatic carbocycles. The van der Waals surface area contributed by atoms with Gasteiger partial charge in [-0.3, -0.25) is 4.79 Å². The summed E-state index contributed by atoms with van der Waals surface area (Å²) in [5.41, 5.74) is 2.74. The summed E-state index contributed by atoms with van der Waals surface area (Å²) in [5, 5.41) is 43.8. The summed E-state index contributed by atoms with van der Waals surface area (Å²) in [4.78, 5) is 40.2. The molecular weight excluding hydrogens is 865 g/mol. The molecule has 3 unspecified atom stereocenters. The van der Waals surface area contributed by atoms with Gasteiger partial charge in [-0.05, 0) is 70.9 Å². The summed E-state index contributed by atoms with van der Waals surface area (Å²) in [7, 11) is 4.07. The van der Waals surface area contributed by atoms with E-state index in [-0.39, 0.29) is 100 Å². The molecule has 0 saturated carbocycles. The van der Waals surface area contributed by atoms with Crippen LogP contribution in [0.15, 0.2) is 66.7 Å². The van der Waals surface area contributed by atoms with E-state index in [1.807, 2.05) is 12.1 Å². The number of carboxylic acid groups (broad SMARTS) is 1. The van der Waals surface area contributed by atoms with E-state index in [1.165, 1.54) is 51.6 Å². The molecule has 3 aliphatic heterocycles. The van der Waals surface area contributed by atoms with Gasteiger partial charge >= 0.3 is 76.2 Å². The molecule has 0 spiro atoms. The van der Waals surface area contributed by atoms with E-state index in [0.717, 1.165) is 16.0 Å². The number of hydrogen-bond donors (Lipinski definition) is 5. The minimum atomic E-state index is -1.94. The van der Waals surface area contributed by atoms with Crippen molar-refractivity contribution in [3.63, 3.8) is 0 Å². The molecule has 2 fully saturated rings. The Kier molecular flexibility index (Phi) is 12.9. The average Bonchev–Trinajstić information content (AvgIpc) is 3.86. The molecule has 8 rings (SSSR count). The van der Waals surface area contributed by atoms with Crippen LogP contribution in [0.25, 0.3) is 0 Å². The van der Waals surface area contributed by atoms with Crippen molar-refractivity contribution in [2.24, 2.45) is 11.8 Å². The Morgan fingerprint density at radius 3 is 2.22 bits per heavy atom. The molecule has 0 radical (unpaired) electrons. The molecule has 3 heterocycles. The third kappa shape index (κ3) is 8.02. The standard InChI is InChI=1S/C41H38FN2O15.Rb/c1-44(24-6-4-5-7-25(24)57-40-35(47)33(45)34(46)37(58-40)38(48)49)41(51)59-36-28(52-2)12-18(13-29(36)53-3)30-21-14-26-27(56-17-55-26)15-22(21)32(23-16-54-39(50)31(23)30)43-20-10-8-19(42)9-11-20;/h5-15,23,30-35,37,40,43,45-47H,16-17H2,1-3H3,(H,48,49);/q-1;+1/t23-,30+,31-,32?,33?,34+,35+,37?,40+;/m0./s1. The SMILES string of the molecule is COc1cc([C@@H]2c3cc4c(cc3C(Nc3ccc(F)cc3)[C@H]3COC(=O)[C@H]23)OCO4)cc(OC)c1OC(=O)N(C)c1c[c-]ccc1O[C@@H]1OC(C(=O)O)[C@H](O)C(O)[C@H]1O.[Rb+]. The number of halogens is 1. The van der Waals surface area contributed by atoms with Crippen LogP contribution in [-0.2, 0) is 19.1 Å². The number of cyclic esters (lactones) is 1. The molecule has 1 amide bonds. The number of hydrogen-bond acceptors (Lipinski definition) is 15. The second-order valence-electron chi connectivity index (χ2n) is 14.2. The number of carbonyl (C=O) groups is 3. The molecule has 0 bridgehead atoms. The number of amides is 1. The minimum absolute atomic E-state index is 0. The zero-order chi connectivity index (χ0) is 41.7. The van der Waals surface area contributed by atoms with Crippen molar-refractivity contribution in [3.05, 3.63) is 95.3 Å². The van der Waals surface area contributed by atoms with Crippen LogP contribution >= 0.6 is 0 Å². The van der Waals surface area contributed by atoms with E-state index in [4.69, 9.17) is 37.9 Å². The Bertz CT molecular complexity index is 2260. The van der Waals surface area contributed by atoms with Crippen LogP contribution in [0.1, 0.15) is 28.7 Å². The van der Waals surface area contributed by atoms with Gasteiger partial charge in [-0.2, -0.15) is 18.2 Å². The van der Waals surface area contributed by atoms with Crippen molar-refractivity contribution in [1.82, 2.24) is 0 Å². The number of nitrogens with one attached hydrogen (secondary N) is 1. The van der Waals surface area contributed by atoms with Gasteiger partial charge in [0.2, 0.25) is 18.8 Å². The number of carbonyl (C=O) groups excluding carboxylic acids is 2. The maximum absolute atomic E-state index is 13.8. The molecule has 5 N–H and O–H groups in total. The fraction of sp³-hybridized carbons (Fsp3) is 0.341. The normalized spacial score (nSPS) is 26.1. The molecular formula is C41H38FN2O15Rb. The molecule has 4 aromatic carbocycles. The quantitative estimate of drug-likeness (QED) is 0.107. The number of esters is 1. The van der Waals surface area contributed by atoms with E-state index >= 15 is 0 Å². The van der Waals surface area contributed by atoms with Gasteiger partial charge in [0.1, 0.15) is 24.1 Å². The van der Waals surface area contributed by atoms with Crippen molar-refractivity contribution >= 4 is 29.4 Å². The monoisotopic (exact) mass is 902 g/mol. The zero-order valence-corrected chi connectivity index (χ0v) is 37.5. The first-order valence-electron chi connectivity index (χ1n) is 18.3. The Morgan fingerprint density at radius 2 is 1.57 bits per heavy atom. The van der Waals surface area contributed by atoms with Crippen molar-refractivity contribution in [1.29, 1.82) is 0 Å². The second kappa shape index (κ2) is 17.8. The summed E-state index contributed by atoms with van der Waals surface area (Å²) in [6, 6.07) is 19.3. The van der Waals surface area contributed by atoms with Crippen molar-refractivity contribution < 1.29 is 135 Å². The van der Waals surface area contributed by atoms with Crippen LogP contribution in [0.2, 0.25) is 0 Å². The fourth-order valence-electron chi connectivity index (χ4n) is 7.95. The van der Waals surface area contributed by atoms with E-state index in [9.17, 15) is 39.2 Å². The Morgan fingerprint density at radius 1 is 0.900 bits per heavy atom. The summed E-state index contributed by atoms with van der Waals surface area (Å²) in [5.74, 6) is -3.26. The first kappa shape index (κ1) is 43.6. The van der Waals surface area contributed by atoms with Crippen LogP contribution in [0, 0.1) is 23.7 Å². The predicted octanol–water partition coefficient (Wildman–Crippen LogP) is 0.370. The predicted molar refractivity (Wildman–Crippen MR) is 199 cm³/mol. The number of anilines is 2. The molecule has 17 nitrogen and oxygen atoms in total. The zero-order valence-electron chi connectivity index (χ0n) is 32.6. The van der Waals surface area contributed by atoms with Crippen LogP contribution in [0.5, 0.6) is 34.5 Å². The Balaban J connectivity index is 0.00000544. The number of benzene rings is 4. The fourth-order valence-corrected chi connectivity index (χ4v) is 7.95. The molecule has 4 aromatic rings. The second-order valence-corrected chi connectivity index (χ2v) is 14.2. The smallest absolute Gasteiger partial charge is 0.493 e. The van der Waals surface area contributed by atoms with Gasteiger partial charge in [0.25, 0.3) is 0 Å². The number of aliphatic hydroxyl groups excluding tert-OH is 3. The van der Waals surface area contributed by atoms with E-state index < -0.39 is 78.4 Å². The summed E-state index contributed by atoms with van der Waals surface area (Å²) < 4.78 is 59.4. The third-order valence-corrected chi connectivity index (χ3v) is 10.9. The number of carboxylic acids is 1. The molecule has 4 aliphatic rings. The van der Waals surface area contributed by atoms with Crippen molar-refractivity contribution in [2.45, 2.75) is 42.7 Å². The number of fused-ring (bicyclic) bond motifs is 3. The molecule has 0 aromatic heterocycles. The minimum Gasteiger partial charge on any atom is -0.493 e. The number of aliphatic hydroxyl groups is 3. The molecule has 9 atom stereocenters. The van der Waals surface area contributed by atoms with Gasteiger partial charge in [-0.1, -0.05) is 0 Å².